The van der Waals surface area contributed by atoms with Gasteiger partial charge in [-0.15, -0.1) is 0 Å². The summed E-state index contributed by atoms with van der Waals surface area (Å²) in [6.07, 6.45) is -5.68. The minimum Gasteiger partial charge on any atom is -0.508 e. The first-order valence-electron chi connectivity index (χ1n) is 6.56. The van der Waals surface area contributed by atoms with Gasteiger partial charge in [0.2, 0.25) is 5.91 Å². The molecule has 0 radical (unpaired) electrons. The van der Waals surface area contributed by atoms with Crippen LogP contribution in [-0.4, -0.2) is 45.9 Å². The van der Waals surface area contributed by atoms with E-state index in [0.717, 1.165) is 0 Å². The summed E-state index contributed by atoms with van der Waals surface area (Å²) < 4.78 is 38.0. The first-order valence-corrected chi connectivity index (χ1v) is 6.56. The maximum absolute atomic E-state index is 12.7. The van der Waals surface area contributed by atoms with Crippen molar-refractivity contribution in [2.45, 2.75) is 31.0 Å². The van der Waals surface area contributed by atoms with E-state index in [1.54, 1.807) is 12.1 Å². The lowest BCUT2D eigenvalue weighted by Crippen LogP contribution is -2.54. The number of halogens is 3. The van der Waals surface area contributed by atoms with Gasteiger partial charge < -0.3 is 15.1 Å². The van der Waals surface area contributed by atoms with E-state index in [-0.39, 0.29) is 31.2 Å². The fraction of sp³-hybridized carbons (Fsp3) is 0.500. The quantitative estimate of drug-likeness (QED) is 0.876. The third-order valence-corrected chi connectivity index (χ3v) is 3.74. The molecule has 1 aliphatic rings. The van der Waals surface area contributed by atoms with E-state index in [2.05, 4.69) is 0 Å². The van der Waals surface area contributed by atoms with Crippen molar-refractivity contribution in [3.05, 3.63) is 29.8 Å². The smallest absolute Gasteiger partial charge is 0.417 e. The van der Waals surface area contributed by atoms with Gasteiger partial charge in [-0.05, 0) is 17.7 Å². The Labute approximate surface area is 119 Å². The minimum absolute atomic E-state index is 0.0127. The Kier molecular flexibility index (Phi) is 4.13. The second kappa shape index (κ2) is 5.55. The second-order valence-corrected chi connectivity index (χ2v) is 5.26. The first-order chi connectivity index (χ1) is 9.71. The van der Waals surface area contributed by atoms with Crippen LogP contribution in [0.25, 0.3) is 0 Å². The zero-order valence-corrected chi connectivity index (χ0v) is 11.2. The number of phenolic OH excluding ortho intramolecular Hbond substituents is 1. The zero-order valence-electron chi connectivity index (χ0n) is 11.2. The van der Waals surface area contributed by atoms with E-state index in [9.17, 15) is 28.2 Å². The number of benzene rings is 1. The topological polar surface area (TPSA) is 60.8 Å². The van der Waals surface area contributed by atoms with Gasteiger partial charge in [0.15, 0.2) is 5.60 Å². The molecule has 1 saturated heterocycles. The SMILES string of the molecule is O=C(Cc1cccc(O)c1)N1CCC(O)(C(F)(F)F)CC1. The number of carbonyl (C=O) groups excluding carboxylic acids is 1. The monoisotopic (exact) mass is 303 g/mol. The van der Waals surface area contributed by atoms with Crippen molar-refractivity contribution in [1.82, 2.24) is 4.90 Å². The molecule has 0 bridgehead atoms. The lowest BCUT2D eigenvalue weighted by Gasteiger charge is -2.39. The fourth-order valence-electron chi connectivity index (χ4n) is 2.36. The zero-order chi connectivity index (χ0) is 15.7. The molecule has 0 spiro atoms. The lowest BCUT2D eigenvalue weighted by atomic mass is 9.90. The number of likely N-dealkylation sites (tertiary alicyclic amines) is 1. The molecule has 2 rings (SSSR count). The minimum atomic E-state index is -4.67. The average molecular weight is 303 g/mol. The van der Waals surface area contributed by atoms with Crippen molar-refractivity contribution in [2.24, 2.45) is 0 Å². The molecule has 1 heterocycles. The van der Waals surface area contributed by atoms with Gasteiger partial charge in [0.25, 0.3) is 0 Å². The molecule has 0 aromatic heterocycles. The fourth-order valence-corrected chi connectivity index (χ4v) is 2.36. The predicted octanol–water partition coefficient (Wildman–Crippen LogP) is 1.85. The number of amides is 1. The standard InChI is InChI=1S/C14H16F3NO3/c15-14(16,17)13(21)4-6-18(7-5-13)12(20)9-10-2-1-3-11(19)8-10/h1-3,8,19,21H,4-7,9H2. The highest BCUT2D eigenvalue weighted by Gasteiger charge is 2.54. The average Bonchev–Trinajstić information content (AvgIpc) is 2.38. The van der Waals surface area contributed by atoms with Gasteiger partial charge in [0.1, 0.15) is 5.75 Å². The van der Waals surface area contributed by atoms with Crippen molar-refractivity contribution in [3.8, 4) is 5.75 Å². The van der Waals surface area contributed by atoms with Gasteiger partial charge in [-0.3, -0.25) is 4.79 Å². The van der Waals surface area contributed by atoms with Crippen molar-refractivity contribution in [1.29, 1.82) is 0 Å². The molecule has 1 amide bonds. The molecule has 4 nitrogen and oxygen atoms in total. The third-order valence-electron chi connectivity index (χ3n) is 3.74. The third kappa shape index (κ3) is 3.47. The normalized spacial score (nSPS) is 18.6. The van der Waals surface area contributed by atoms with Crippen LogP contribution >= 0.6 is 0 Å². The Morgan fingerprint density at radius 3 is 2.43 bits per heavy atom. The number of aliphatic hydroxyl groups is 1. The van der Waals surface area contributed by atoms with Gasteiger partial charge in [0, 0.05) is 25.9 Å². The summed E-state index contributed by atoms with van der Waals surface area (Å²) in [6, 6.07) is 6.16. The molecular formula is C14H16F3NO3. The van der Waals surface area contributed by atoms with Gasteiger partial charge in [0.05, 0.1) is 6.42 Å². The largest absolute Gasteiger partial charge is 0.508 e. The maximum atomic E-state index is 12.7. The number of hydrogen-bond donors (Lipinski definition) is 2. The van der Waals surface area contributed by atoms with Crippen LogP contribution in [0, 0.1) is 0 Å². The molecule has 0 aliphatic carbocycles. The summed E-state index contributed by atoms with van der Waals surface area (Å²) in [5.41, 5.74) is -2.11. The summed E-state index contributed by atoms with van der Waals surface area (Å²) >= 11 is 0. The summed E-state index contributed by atoms with van der Waals surface area (Å²) in [7, 11) is 0. The van der Waals surface area contributed by atoms with E-state index in [1.807, 2.05) is 0 Å². The van der Waals surface area contributed by atoms with Gasteiger partial charge in [-0.25, -0.2) is 0 Å². The number of nitrogens with zero attached hydrogens (tertiary/aromatic N) is 1. The Morgan fingerprint density at radius 1 is 1.29 bits per heavy atom. The van der Waals surface area contributed by atoms with Crippen LogP contribution in [0.2, 0.25) is 0 Å². The van der Waals surface area contributed by atoms with Crippen molar-refractivity contribution in [2.75, 3.05) is 13.1 Å². The second-order valence-electron chi connectivity index (χ2n) is 5.26. The number of alkyl halides is 3. The van der Waals surface area contributed by atoms with Crippen LogP contribution in [0.4, 0.5) is 13.2 Å². The highest BCUT2D eigenvalue weighted by atomic mass is 19.4. The van der Waals surface area contributed by atoms with Crippen molar-refractivity contribution in [3.63, 3.8) is 0 Å². The number of rotatable bonds is 2. The van der Waals surface area contributed by atoms with Crippen LogP contribution in [0.5, 0.6) is 5.75 Å². The molecule has 1 aliphatic heterocycles. The first kappa shape index (κ1) is 15.6. The van der Waals surface area contributed by atoms with E-state index >= 15 is 0 Å². The van der Waals surface area contributed by atoms with Crippen LogP contribution < -0.4 is 0 Å². The van der Waals surface area contributed by atoms with E-state index < -0.39 is 24.6 Å². The molecule has 116 valence electrons. The molecule has 7 heteroatoms. The molecule has 0 unspecified atom stereocenters. The van der Waals surface area contributed by atoms with Crippen LogP contribution in [-0.2, 0) is 11.2 Å². The Morgan fingerprint density at radius 2 is 1.90 bits per heavy atom. The molecule has 2 N–H and O–H groups in total. The van der Waals surface area contributed by atoms with E-state index in [4.69, 9.17) is 0 Å². The number of piperidine rings is 1. The molecule has 1 fully saturated rings. The summed E-state index contributed by atoms with van der Waals surface area (Å²) in [6.45, 7) is -0.263. The molecule has 21 heavy (non-hydrogen) atoms. The molecule has 1 aromatic carbocycles. The van der Waals surface area contributed by atoms with Gasteiger partial charge >= 0.3 is 6.18 Å². The summed E-state index contributed by atoms with van der Waals surface area (Å²) in [5.74, 6) is -0.282. The Balaban J connectivity index is 1.95. The van der Waals surface area contributed by atoms with Crippen LogP contribution in [0.3, 0.4) is 0 Å². The van der Waals surface area contributed by atoms with Crippen LogP contribution in [0.1, 0.15) is 18.4 Å². The Bertz CT molecular complexity index is 522. The van der Waals surface area contributed by atoms with Crippen molar-refractivity contribution >= 4 is 5.91 Å². The number of aromatic hydroxyl groups is 1. The predicted molar refractivity (Wildman–Crippen MR) is 68.6 cm³/mol. The van der Waals surface area contributed by atoms with E-state index in [0.29, 0.717) is 5.56 Å². The van der Waals surface area contributed by atoms with Crippen LogP contribution in [0.15, 0.2) is 24.3 Å². The number of phenols is 1. The maximum Gasteiger partial charge on any atom is 0.417 e. The lowest BCUT2D eigenvalue weighted by molar-refractivity contribution is -0.272. The summed E-state index contributed by atoms with van der Waals surface area (Å²) in [4.78, 5) is 13.3. The van der Waals surface area contributed by atoms with Gasteiger partial charge in [-0.1, -0.05) is 12.1 Å². The highest BCUT2D eigenvalue weighted by molar-refractivity contribution is 5.79. The number of carbonyl (C=O) groups is 1. The molecule has 0 atom stereocenters. The summed E-state index contributed by atoms with van der Waals surface area (Å²) in [5, 5.41) is 18.8. The van der Waals surface area contributed by atoms with Crippen molar-refractivity contribution < 1.29 is 28.2 Å². The number of hydrogen-bond acceptors (Lipinski definition) is 3. The molecule has 1 aromatic rings. The Hall–Kier alpha value is -1.76. The molecule has 0 saturated carbocycles. The molecular weight excluding hydrogens is 287 g/mol. The van der Waals surface area contributed by atoms with E-state index in [1.165, 1.54) is 17.0 Å². The highest BCUT2D eigenvalue weighted by Crippen LogP contribution is 2.38. The van der Waals surface area contributed by atoms with Gasteiger partial charge in [-0.2, -0.15) is 13.2 Å².